The van der Waals surface area contributed by atoms with Gasteiger partial charge in [-0.25, -0.2) is 4.98 Å². The minimum absolute atomic E-state index is 0.858. The van der Waals surface area contributed by atoms with Crippen molar-refractivity contribution in [3.63, 3.8) is 0 Å². The number of rotatable bonds is 5. The van der Waals surface area contributed by atoms with Crippen LogP contribution in [0.3, 0.4) is 0 Å². The predicted molar refractivity (Wildman–Crippen MR) is 283 cm³/mol. The van der Waals surface area contributed by atoms with E-state index in [1.54, 1.807) is 0 Å². The molecule has 67 heavy (non-hydrogen) atoms. The fourth-order valence-electron chi connectivity index (χ4n) is 11.1. The molecule has 0 saturated carbocycles. The molecule has 310 valence electrons. The summed E-state index contributed by atoms with van der Waals surface area (Å²) in [5.41, 5.74) is 14.6. The molecule has 14 aromatic rings. The summed E-state index contributed by atoms with van der Waals surface area (Å²) in [4.78, 5) is 10.4. The number of hydrogen-bond donors (Lipinski definition) is 0. The quantitative estimate of drug-likeness (QED) is 0.162. The average Bonchev–Trinajstić information content (AvgIpc) is 3.74. The molecule has 0 bridgehead atoms. The summed E-state index contributed by atoms with van der Waals surface area (Å²) in [6.45, 7) is 0. The van der Waals surface area contributed by atoms with Crippen LogP contribution < -0.4 is 0 Å². The highest BCUT2D eigenvalue weighted by Crippen LogP contribution is 2.43. The van der Waals surface area contributed by atoms with E-state index in [0.29, 0.717) is 0 Å². The van der Waals surface area contributed by atoms with Crippen LogP contribution in [-0.2, 0) is 0 Å². The highest BCUT2D eigenvalue weighted by Gasteiger charge is 2.18. The molecule has 0 saturated heterocycles. The van der Waals surface area contributed by atoms with E-state index in [1.165, 1.54) is 98.4 Å². The van der Waals surface area contributed by atoms with Crippen molar-refractivity contribution in [2.75, 3.05) is 0 Å². The lowest BCUT2D eigenvalue weighted by atomic mass is 9.88. The molecule has 3 heteroatoms. The molecule has 0 aliphatic heterocycles. The standard InChI is InChI=1S/C64H39N3/c1-3-22-57-52(18-1)53-19-2-4-23-58(53)64-63(57)65-39-59(66-64)41-17-9-16-40(38-41)42-24-10-26-44-43(42)25-11-27-45(44)46-28-12-30-48-47(46)29-13-31-49(48)50-32-14-34-54-51(50)33-15-37-62(54)67-60-35-7-5-20-55(60)56-21-6-8-36-61(56)67/h1-39H. The maximum Gasteiger partial charge on any atom is 0.0979 e. The van der Waals surface area contributed by atoms with Gasteiger partial charge < -0.3 is 4.57 Å². The van der Waals surface area contributed by atoms with Crippen molar-refractivity contribution in [3.8, 4) is 50.3 Å². The zero-order chi connectivity index (χ0) is 44.0. The molecule has 0 fully saturated rings. The summed E-state index contributed by atoms with van der Waals surface area (Å²) >= 11 is 0. The molecule has 0 unspecified atom stereocenters. The Morgan fingerprint density at radius 1 is 0.269 bits per heavy atom. The molecule has 2 aromatic heterocycles. The van der Waals surface area contributed by atoms with E-state index in [9.17, 15) is 0 Å². The number of para-hydroxylation sites is 2. The van der Waals surface area contributed by atoms with Gasteiger partial charge in [0, 0.05) is 32.5 Å². The monoisotopic (exact) mass is 849 g/mol. The summed E-state index contributed by atoms with van der Waals surface area (Å²) in [6, 6.07) is 83.9. The van der Waals surface area contributed by atoms with Crippen LogP contribution in [-0.4, -0.2) is 14.5 Å². The van der Waals surface area contributed by atoms with Crippen LogP contribution in [0, 0.1) is 0 Å². The third-order valence-corrected chi connectivity index (χ3v) is 14.0. The second-order valence-electron chi connectivity index (χ2n) is 17.6. The SMILES string of the molecule is c1cc(-c2cnc3c4ccccc4c4ccccc4c3n2)cc(-c2cccc3c(-c4cccc5c(-c6cccc7c(-n8c9ccccc9c9ccccc98)cccc67)cccc45)cccc23)c1. The first-order valence-corrected chi connectivity index (χ1v) is 23.0. The van der Waals surface area contributed by atoms with Crippen LogP contribution in [0.1, 0.15) is 0 Å². The van der Waals surface area contributed by atoms with E-state index in [1.807, 2.05) is 6.20 Å². The van der Waals surface area contributed by atoms with Crippen molar-refractivity contribution < 1.29 is 0 Å². The smallest absolute Gasteiger partial charge is 0.0979 e. The van der Waals surface area contributed by atoms with E-state index in [2.05, 4.69) is 235 Å². The summed E-state index contributed by atoms with van der Waals surface area (Å²) in [5, 5.41) is 14.5. The van der Waals surface area contributed by atoms with Gasteiger partial charge in [-0.05, 0) is 95.3 Å². The zero-order valence-electron chi connectivity index (χ0n) is 36.4. The number of fused-ring (bicyclic) bond motifs is 12. The van der Waals surface area contributed by atoms with Gasteiger partial charge in [0.1, 0.15) is 0 Å². The fourth-order valence-corrected chi connectivity index (χ4v) is 11.1. The van der Waals surface area contributed by atoms with Gasteiger partial charge in [-0.1, -0.05) is 206 Å². The van der Waals surface area contributed by atoms with Crippen molar-refractivity contribution in [2.24, 2.45) is 0 Å². The molecule has 3 nitrogen and oxygen atoms in total. The average molecular weight is 850 g/mol. The molecule has 0 N–H and O–H groups in total. The fraction of sp³-hybridized carbons (Fsp3) is 0. The molecule has 0 radical (unpaired) electrons. The second-order valence-corrected chi connectivity index (χ2v) is 17.6. The Labute approximate surface area is 386 Å². The Balaban J connectivity index is 0.885. The molecule has 14 rings (SSSR count). The Bertz CT molecular complexity index is 4260. The molecular weight excluding hydrogens is 811 g/mol. The van der Waals surface area contributed by atoms with Crippen LogP contribution >= 0.6 is 0 Å². The molecule has 2 heterocycles. The topological polar surface area (TPSA) is 30.7 Å². The minimum atomic E-state index is 0.858. The molecule has 0 aliphatic carbocycles. The lowest BCUT2D eigenvalue weighted by molar-refractivity contribution is 1.20. The summed E-state index contributed by atoms with van der Waals surface area (Å²) < 4.78 is 2.43. The Kier molecular flexibility index (Phi) is 8.28. The minimum Gasteiger partial charge on any atom is -0.309 e. The van der Waals surface area contributed by atoms with Gasteiger partial charge >= 0.3 is 0 Å². The Hall–Kier alpha value is -8.92. The van der Waals surface area contributed by atoms with Gasteiger partial charge in [0.15, 0.2) is 0 Å². The van der Waals surface area contributed by atoms with Crippen molar-refractivity contribution in [2.45, 2.75) is 0 Å². The Morgan fingerprint density at radius 3 is 1.22 bits per heavy atom. The van der Waals surface area contributed by atoms with Gasteiger partial charge in [0.25, 0.3) is 0 Å². The van der Waals surface area contributed by atoms with Crippen molar-refractivity contribution in [1.82, 2.24) is 14.5 Å². The molecule has 0 amide bonds. The van der Waals surface area contributed by atoms with E-state index in [4.69, 9.17) is 9.97 Å². The maximum atomic E-state index is 5.32. The van der Waals surface area contributed by atoms with E-state index >= 15 is 0 Å². The Morgan fingerprint density at radius 2 is 0.657 bits per heavy atom. The van der Waals surface area contributed by atoms with Crippen LogP contribution in [0.5, 0.6) is 0 Å². The van der Waals surface area contributed by atoms with Gasteiger partial charge in [0.05, 0.1) is 39.6 Å². The van der Waals surface area contributed by atoms with Gasteiger partial charge in [0.2, 0.25) is 0 Å². The highest BCUT2D eigenvalue weighted by molar-refractivity contribution is 6.23. The van der Waals surface area contributed by atoms with E-state index < -0.39 is 0 Å². The van der Waals surface area contributed by atoms with Gasteiger partial charge in [-0.2, -0.15) is 0 Å². The summed E-state index contributed by atoms with van der Waals surface area (Å²) in [5.74, 6) is 0. The van der Waals surface area contributed by atoms with Crippen LogP contribution in [0.25, 0.3) is 137 Å². The van der Waals surface area contributed by atoms with Crippen molar-refractivity contribution >= 4 is 86.7 Å². The predicted octanol–water partition coefficient (Wildman–Crippen LogP) is 17.2. The number of nitrogens with zero attached hydrogens (tertiary/aromatic N) is 3. The zero-order valence-corrected chi connectivity index (χ0v) is 36.4. The lowest BCUT2D eigenvalue weighted by Crippen LogP contribution is -1.96. The molecule has 0 spiro atoms. The largest absolute Gasteiger partial charge is 0.309 e. The van der Waals surface area contributed by atoms with E-state index in [0.717, 1.165) is 38.6 Å². The van der Waals surface area contributed by atoms with E-state index in [-0.39, 0.29) is 0 Å². The number of aromatic nitrogens is 3. The third-order valence-electron chi connectivity index (χ3n) is 14.0. The summed E-state index contributed by atoms with van der Waals surface area (Å²) in [6.07, 6.45) is 1.93. The molecule has 12 aromatic carbocycles. The molecular formula is C64H39N3. The van der Waals surface area contributed by atoms with Crippen LogP contribution in [0.15, 0.2) is 237 Å². The number of hydrogen-bond acceptors (Lipinski definition) is 2. The van der Waals surface area contributed by atoms with Gasteiger partial charge in [-0.15, -0.1) is 0 Å². The van der Waals surface area contributed by atoms with Gasteiger partial charge in [-0.3, -0.25) is 4.98 Å². The maximum absolute atomic E-state index is 5.32. The number of benzene rings is 12. The first-order chi connectivity index (χ1) is 33.3. The third kappa shape index (κ3) is 5.71. The molecule has 0 aliphatic rings. The molecule has 0 atom stereocenters. The second kappa shape index (κ2) is 14.8. The lowest BCUT2D eigenvalue weighted by Gasteiger charge is -2.17. The van der Waals surface area contributed by atoms with Crippen LogP contribution in [0.4, 0.5) is 0 Å². The highest BCUT2D eigenvalue weighted by atomic mass is 15.0. The van der Waals surface area contributed by atoms with Crippen LogP contribution in [0.2, 0.25) is 0 Å². The van der Waals surface area contributed by atoms with Crippen molar-refractivity contribution in [3.05, 3.63) is 237 Å². The first-order valence-electron chi connectivity index (χ1n) is 23.0. The van der Waals surface area contributed by atoms with Crippen molar-refractivity contribution in [1.29, 1.82) is 0 Å². The summed E-state index contributed by atoms with van der Waals surface area (Å²) in [7, 11) is 0. The normalized spacial score (nSPS) is 11.9. The first kappa shape index (κ1) is 37.5.